The van der Waals surface area contributed by atoms with Crippen molar-refractivity contribution in [3.8, 4) is 44.6 Å². The summed E-state index contributed by atoms with van der Waals surface area (Å²) >= 11 is 0. The number of aromatic nitrogens is 1. The van der Waals surface area contributed by atoms with Crippen LogP contribution in [0, 0.1) is 6.07 Å². The summed E-state index contributed by atoms with van der Waals surface area (Å²) in [5, 5.41) is 14.0. The average molecular weight is 751 g/mol. The third kappa shape index (κ3) is 9.29. The smallest absolute Gasteiger partial charge is 0.0319 e. The van der Waals surface area contributed by atoms with Gasteiger partial charge in [0.25, 0.3) is 0 Å². The second-order valence-electron chi connectivity index (χ2n) is 12.2. The van der Waals surface area contributed by atoms with E-state index in [0.29, 0.717) is 0 Å². The second-order valence-corrected chi connectivity index (χ2v) is 12.2. The molecule has 1 radical (unpaired) electrons. The molecule has 5 rings (SSSR count). The average Bonchev–Trinajstić information content (AvgIpc) is 3.02. The van der Waals surface area contributed by atoms with Crippen molar-refractivity contribution >= 4 is 0 Å². The summed E-state index contributed by atoms with van der Waals surface area (Å²) in [5.41, 5.74) is 12.1. The van der Waals surface area contributed by atoms with Crippen molar-refractivity contribution in [3.63, 3.8) is 0 Å². The number of aliphatic hydroxyl groups excluding tert-OH is 2. The van der Waals surface area contributed by atoms with E-state index in [0.717, 1.165) is 31.0 Å². The predicted octanol–water partition coefficient (Wildman–Crippen LogP) is 9.36. The Labute approximate surface area is 272 Å². The SMILES string of the molecule is CC(C)(C)c1ccc(-c2cc(-c3ccc(C(C)(C)C)cc3)cc(-c3cc[c-]c(-c4ccccn4)c3)c2)cc1.CO.CO.[Ir]. The van der Waals surface area contributed by atoms with E-state index in [2.05, 4.69) is 131 Å². The maximum atomic E-state index is 7.00. The van der Waals surface area contributed by atoms with E-state index in [9.17, 15) is 0 Å². The van der Waals surface area contributed by atoms with Crippen LogP contribution in [0.3, 0.4) is 0 Å². The van der Waals surface area contributed by atoms with Gasteiger partial charge in [-0.05, 0) is 79.7 Å². The van der Waals surface area contributed by atoms with Crippen LogP contribution >= 0.6 is 0 Å². The maximum absolute atomic E-state index is 7.00. The molecule has 0 aliphatic carbocycles. The fourth-order valence-electron chi connectivity index (χ4n) is 4.77. The van der Waals surface area contributed by atoms with Crippen LogP contribution in [0.2, 0.25) is 0 Å². The molecule has 0 bridgehead atoms. The molecular weight excluding hydrogens is 707 g/mol. The number of benzene rings is 4. The van der Waals surface area contributed by atoms with Crippen molar-refractivity contribution in [2.75, 3.05) is 14.2 Å². The minimum atomic E-state index is 0. The largest absolute Gasteiger partial charge is 0.400 e. The van der Waals surface area contributed by atoms with Gasteiger partial charge < -0.3 is 15.2 Å². The normalized spacial score (nSPS) is 10.8. The molecule has 43 heavy (non-hydrogen) atoms. The summed E-state index contributed by atoms with van der Waals surface area (Å²) in [6.45, 7) is 13.5. The van der Waals surface area contributed by atoms with Gasteiger partial charge in [-0.1, -0.05) is 102 Å². The maximum Gasteiger partial charge on any atom is 0.0319 e. The van der Waals surface area contributed by atoms with E-state index >= 15 is 0 Å². The van der Waals surface area contributed by atoms with Gasteiger partial charge in [0.15, 0.2) is 0 Å². The van der Waals surface area contributed by atoms with Crippen LogP contribution in [0.25, 0.3) is 44.6 Å². The molecule has 5 aromatic rings. The molecule has 0 amide bonds. The van der Waals surface area contributed by atoms with Gasteiger partial charge in [0.1, 0.15) is 0 Å². The van der Waals surface area contributed by atoms with Crippen molar-refractivity contribution < 1.29 is 30.3 Å². The van der Waals surface area contributed by atoms with Gasteiger partial charge in [-0.15, -0.1) is 35.4 Å². The Hall–Kier alpha value is -3.40. The van der Waals surface area contributed by atoms with Crippen LogP contribution in [0.4, 0.5) is 0 Å². The van der Waals surface area contributed by atoms with Crippen molar-refractivity contribution in [2.45, 2.75) is 52.4 Å². The van der Waals surface area contributed by atoms with Gasteiger partial charge in [0, 0.05) is 40.5 Å². The molecule has 0 saturated carbocycles. The molecule has 0 spiro atoms. The van der Waals surface area contributed by atoms with Gasteiger partial charge in [-0.3, -0.25) is 0 Å². The summed E-state index contributed by atoms with van der Waals surface area (Å²) in [6.07, 6.45) is 1.83. The minimum Gasteiger partial charge on any atom is -0.400 e. The Morgan fingerprint density at radius 2 is 0.953 bits per heavy atom. The molecule has 4 heteroatoms. The summed E-state index contributed by atoms with van der Waals surface area (Å²) in [5.74, 6) is 0. The number of nitrogens with zero attached hydrogens (tertiary/aromatic N) is 1. The van der Waals surface area contributed by atoms with Gasteiger partial charge in [-0.2, -0.15) is 0 Å². The Kier molecular flexibility index (Phi) is 13.2. The van der Waals surface area contributed by atoms with E-state index < -0.39 is 0 Å². The molecule has 4 aromatic carbocycles. The Morgan fingerprint density at radius 1 is 0.512 bits per heavy atom. The van der Waals surface area contributed by atoms with Crippen molar-refractivity contribution in [1.82, 2.24) is 4.98 Å². The molecule has 0 fully saturated rings. The van der Waals surface area contributed by atoms with E-state index in [1.165, 1.54) is 38.9 Å². The second kappa shape index (κ2) is 15.9. The first-order chi connectivity index (χ1) is 20.1. The zero-order chi connectivity index (χ0) is 30.9. The first kappa shape index (κ1) is 35.8. The fourth-order valence-corrected chi connectivity index (χ4v) is 4.77. The quantitative estimate of drug-likeness (QED) is 0.180. The summed E-state index contributed by atoms with van der Waals surface area (Å²) in [6, 6.07) is 40.7. The third-order valence-electron chi connectivity index (χ3n) is 7.18. The minimum absolute atomic E-state index is 0. The Morgan fingerprint density at radius 3 is 1.35 bits per heavy atom. The molecule has 0 atom stereocenters. The zero-order valence-electron chi connectivity index (χ0n) is 26.6. The van der Waals surface area contributed by atoms with Crippen LogP contribution in [0.1, 0.15) is 52.7 Å². The monoisotopic (exact) mass is 751 g/mol. The van der Waals surface area contributed by atoms with Gasteiger partial charge in [0.05, 0.1) is 0 Å². The molecule has 1 aromatic heterocycles. The molecule has 0 saturated heterocycles. The molecular formula is C39H44IrNO2-. The van der Waals surface area contributed by atoms with Crippen LogP contribution in [0.15, 0.2) is 109 Å². The van der Waals surface area contributed by atoms with Crippen molar-refractivity contribution in [1.29, 1.82) is 0 Å². The fraction of sp³-hybridized carbons (Fsp3) is 0.256. The van der Waals surface area contributed by atoms with Gasteiger partial charge >= 0.3 is 0 Å². The third-order valence-corrected chi connectivity index (χ3v) is 7.18. The summed E-state index contributed by atoms with van der Waals surface area (Å²) in [4.78, 5) is 4.54. The van der Waals surface area contributed by atoms with E-state index in [1.54, 1.807) is 0 Å². The number of aliphatic hydroxyl groups is 2. The van der Waals surface area contributed by atoms with Gasteiger partial charge in [-0.25, -0.2) is 0 Å². The Bertz CT molecular complexity index is 1470. The zero-order valence-corrected chi connectivity index (χ0v) is 29.0. The molecule has 227 valence electrons. The first-order valence-electron chi connectivity index (χ1n) is 14.3. The molecule has 2 N–H and O–H groups in total. The van der Waals surface area contributed by atoms with E-state index in [1.807, 2.05) is 30.5 Å². The predicted molar refractivity (Wildman–Crippen MR) is 179 cm³/mol. The van der Waals surface area contributed by atoms with E-state index in [-0.39, 0.29) is 30.9 Å². The van der Waals surface area contributed by atoms with Crippen LogP contribution < -0.4 is 0 Å². The van der Waals surface area contributed by atoms with E-state index in [4.69, 9.17) is 10.2 Å². The summed E-state index contributed by atoms with van der Waals surface area (Å²) in [7, 11) is 2.00. The van der Waals surface area contributed by atoms with Crippen LogP contribution in [-0.2, 0) is 30.9 Å². The topological polar surface area (TPSA) is 53.4 Å². The number of hydrogen-bond acceptors (Lipinski definition) is 3. The summed E-state index contributed by atoms with van der Waals surface area (Å²) < 4.78 is 0. The molecule has 1 heterocycles. The number of rotatable bonds is 4. The van der Waals surface area contributed by atoms with Crippen molar-refractivity contribution in [3.05, 3.63) is 127 Å². The molecule has 0 unspecified atom stereocenters. The molecule has 0 aliphatic rings. The van der Waals surface area contributed by atoms with Gasteiger partial charge in [0.2, 0.25) is 0 Å². The molecule has 3 nitrogen and oxygen atoms in total. The van der Waals surface area contributed by atoms with Crippen molar-refractivity contribution in [2.24, 2.45) is 0 Å². The standard InChI is InChI=1S/C37H36N.2CH4O.Ir/c1-36(2,3)33-17-13-26(14-18-33)30-23-31(27-15-19-34(20-16-27)37(4,5)6)25-32(24-30)28-10-9-11-29(22-28)35-12-7-8-21-38-35;2*1-2;/h7-10,12-25H,1-6H3;2*2H,1H3;/q-1;;;. The Balaban J connectivity index is 0.00000124. The van der Waals surface area contributed by atoms with Crippen LogP contribution in [0.5, 0.6) is 0 Å². The van der Waals surface area contributed by atoms with Crippen LogP contribution in [-0.4, -0.2) is 29.4 Å². The first-order valence-corrected chi connectivity index (χ1v) is 14.3. The number of hydrogen-bond donors (Lipinski definition) is 2. The number of pyridine rings is 1. The molecule has 0 aliphatic heterocycles.